The summed E-state index contributed by atoms with van der Waals surface area (Å²) in [5.41, 5.74) is 2.44. The molecular formula is C29H32Cl2N2O2. The van der Waals surface area contributed by atoms with Gasteiger partial charge in [0.2, 0.25) is 0 Å². The van der Waals surface area contributed by atoms with Crippen molar-refractivity contribution in [3.05, 3.63) is 99.0 Å². The van der Waals surface area contributed by atoms with E-state index in [1.165, 1.54) is 0 Å². The second-order valence-electron chi connectivity index (χ2n) is 9.65. The van der Waals surface area contributed by atoms with E-state index in [0.717, 1.165) is 33.8 Å². The van der Waals surface area contributed by atoms with E-state index in [4.69, 9.17) is 37.7 Å². The van der Waals surface area contributed by atoms with Crippen LogP contribution in [0.25, 0.3) is 0 Å². The largest absolute Gasteiger partial charge is 0.493 e. The van der Waals surface area contributed by atoms with Gasteiger partial charge in [-0.05, 0) is 87.7 Å². The fraction of sp³-hybridized carbons (Fsp3) is 0.345. The number of halogens is 2. The lowest BCUT2D eigenvalue weighted by Crippen LogP contribution is -2.50. The van der Waals surface area contributed by atoms with Gasteiger partial charge in [0, 0.05) is 17.2 Å². The maximum atomic E-state index is 6.22. The van der Waals surface area contributed by atoms with Crippen molar-refractivity contribution < 1.29 is 9.47 Å². The zero-order valence-electron chi connectivity index (χ0n) is 21.1. The smallest absolute Gasteiger partial charge is 0.133 e. The molecule has 1 heterocycles. The molecule has 0 spiro atoms. The van der Waals surface area contributed by atoms with E-state index in [-0.39, 0.29) is 0 Å². The number of methoxy groups -OCH3 is 1. The van der Waals surface area contributed by atoms with Crippen LogP contribution in [-0.4, -0.2) is 19.6 Å². The quantitative estimate of drug-likeness (QED) is 0.358. The molecule has 6 heteroatoms. The zero-order chi connectivity index (χ0) is 25.4. The minimum Gasteiger partial charge on any atom is -0.493 e. The first kappa shape index (κ1) is 25.6. The summed E-state index contributed by atoms with van der Waals surface area (Å²) in [4.78, 5) is 5.32. The van der Waals surface area contributed by atoms with Gasteiger partial charge < -0.3 is 14.8 Å². The van der Waals surface area contributed by atoms with E-state index in [0.29, 0.717) is 16.7 Å². The highest BCUT2D eigenvalue weighted by Gasteiger charge is 2.52. The summed E-state index contributed by atoms with van der Waals surface area (Å²) < 4.78 is 11.8. The van der Waals surface area contributed by atoms with Gasteiger partial charge in [-0.2, -0.15) is 0 Å². The van der Waals surface area contributed by atoms with Crippen LogP contribution < -0.4 is 10.1 Å². The summed E-state index contributed by atoms with van der Waals surface area (Å²) in [5.74, 6) is 1.53. The van der Waals surface area contributed by atoms with Crippen LogP contribution in [0.15, 0.2) is 71.7 Å². The van der Waals surface area contributed by atoms with Crippen LogP contribution in [0.3, 0.4) is 0 Å². The van der Waals surface area contributed by atoms with E-state index >= 15 is 0 Å². The van der Waals surface area contributed by atoms with Gasteiger partial charge in [-0.15, -0.1) is 0 Å². The molecule has 1 aliphatic heterocycles. The molecular weight excluding hydrogens is 479 g/mol. The third-order valence-corrected chi connectivity index (χ3v) is 7.75. The van der Waals surface area contributed by atoms with Crippen molar-refractivity contribution in [1.82, 2.24) is 5.32 Å². The average Bonchev–Trinajstić information content (AvgIpc) is 3.12. The second-order valence-corrected chi connectivity index (χ2v) is 10.5. The first-order valence-corrected chi connectivity index (χ1v) is 12.5. The Hall–Kier alpha value is -2.53. The Morgan fingerprint density at radius 1 is 0.886 bits per heavy atom. The number of hydrogen-bond acceptors (Lipinski definition) is 4. The monoisotopic (exact) mass is 510 g/mol. The number of hydrogen-bond donors (Lipinski definition) is 1. The van der Waals surface area contributed by atoms with Crippen molar-refractivity contribution in [3.8, 4) is 5.75 Å². The molecule has 0 aliphatic carbocycles. The van der Waals surface area contributed by atoms with Gasteiger partial charge in [0.15, 0.2) is 0 Å². The maximum absolute atomic E-state index is 6.22. The van der Waals surface area contributed by atoms with Crippen LogP contribution in [0, 0.1) is 0 Å². The second kappa shape index (κ2) is 9.50. The first-order chi connectivity index (χ1) is 16.5. The van der Waals surface area contributed by atoms with Crippen LogP contribution in [0.1, 0.15) is 56.9 Å². The minimum absolute atomic E-state index is 0.440. The van der Waals surface area contributed by atoms with Crippen molar-refractivity contribution in [2.75, 3.05) is 13.7 Å². The van der Waals surface area contributed by atoms with Crippen molar-refractivity contribution >= 4 is 29.0 Å². The predicted molar refractivity (Wildman–Crippen MR) is 145 cm³/mol. The van der Waals surface area contributed by atoms with Gasteiger partial charge >= 0.3 is 0 Å². The SMILES string of the molecule is CCOc1cc(C(C)(C)OC)ccc1C1=N[C@](C)(c2ccc(Cl)cc2)[C@](C)(c2ccc(Cl)cc2)N1. The lowest BCUT2D eigenvalue weighted by molar-refractivity contribution is 0.0190. The number of amidine groups is 1. The topological polar surface area (TPSA) is 42.9 Å². The van der Waals surface area contributed by atoms with Crippen LogP contribution in [0.2, 0.25) is 10.0 Å². The highest BCUT2D eigenvalue weighted by molar-refractivity contribution is 6.30. The molecule has 4 nitrogen and oxygen atoms in total. The summed E-state index contributed by atoms with van der Waals surface area (Å²) in [6.45, 7) is 10.9. The molecule has 0 saturated heterocycles. The van der Waals surface area contributed by atoms with Gasteiger partial charge in [-0.3, -0.25) is 4.99 Å². The molecule has 0 unspecified atom stereocenters. The third kappa shape index (κ3) is 4.55. The van der Waals surface area contributed by atoms with Crippen LogP contribution in [0.5, 0.6) is 5.75 Å². The first-order valence-electron chi connectivity index (χ1n) is 11.8. The van der Waals surface area contributed by atoms with E-state index < -0.39 is 16.7 Å². The third-order valence-electron chi connectivity index (χ3n) is 7.25. The number of ether oxygens (including phenoxy) is 2. The number of nitrogens with one attached hydrogen (secondary N) is 1. The summed E-state index contributed by atoms with van der Waals surface area (Å²) in [5, 5.41) is 5.14. The van der Waals surface area contributed by atoms with Crippen molar-refractivity contribution in [2.45, 2.75) is 51.3 Å². The molecule has 184 valence electrons. The summed E-state index contributed by atoms with van der Waals surface area (Å²) >= 11 is 12.4. The molecule has 4 rings (SSSR count). The molecule has 1 aliphatic rings. The Kier molecular flexibility index (Phi) is 6.93. The predicted octanol–water partition coefficient (Wildman–Crippen LogP) is 7.45. The van der Waals surface area contributed by atoms with Crippen molar-refractivity contribution in [1.29, 1.82) is 0 Å². The Balaban J connectivity index is 1.89. The van der Waals surface area contributed by atoms with Crippen molar-refractivity contribution in [3.63, 3.8) is 0 Å². The van der Waals surface area contributed by atoms with Gasteiger partial charge in [0.1, 0.15) is 17.1 Å². The molecule has 0 aromatic heterocycles. The molecule has 0 radical (unpaired) electrons. The van der Waals surface area contributed by atoms with E-state index in [9.17, 15) is 0 Å². The molecule has 3 aromatic carbocycles. The fourth-order valence-electron chi connectivity index (χ4n) is 4.60. The molecule has 0 amide bonds. The number of aliphatic imine (C=N–C) groups is 1. The van der Waals surface area contributed by atoms with Crippen LogP contribution in [-0.2, 0) is 21.4 Å². The lowest BCUT2D eigenvalue weighted by atomic mass is 9.72. The highest BCUT2D eigenvalue weighted by atomic mass is 35.5. The van der Waals surface area contributed by atoms with E-state index in [1.54, 1.807) is 7.11 Å². The molecule has 0 saturated carbocycles. The minimum atomic E-state index is -0.630. The molecule has 3 aromatic rings. The average molecular weight is 511 g/mol. The Labute approximate surface area is 218 Å². The number of rotatable bonds is 7. The van der Waals surface area contributed by atoms with E-state index in [1.807, 2.05) is 63.2 Å². The Bertz CT molecular complexity index is 1240. The van der Waals surface area contributed by atoms with Gasteiger partial charge in [0.25, 0.3) is 0 Å². The highest BCUT2D eigenvalue weighted by Crippen LogP contribution is 2.48. The molecule has 1 N–H and O–H groups in total. The summed E-state index contributed by atoms with van der Waals surface area (Å²) in [7, 11) is 1.71. The Morgan fingerprint density at radius 3 is 2.00 bits per heavy atom. The zero-order valence-corrected chi connectivity index (χ0v) is 22.6. The van der Waals surface area contributed by atoms with Crippen LogP contribution in [0.4, 0.5) is 0 Å². The summed E-state index contributed by atoms with van der Waals surface area (Å²) in [6, 6.07) is 22.0. The molecule has 2 atom stereocenters. The van der Waals surface area contributed by atoms with Crippen molar-refractivity contribution in [2.24, 2.45) is 4.99 Å². The standard InChI is InChI=1S/C29H32Cl2N2O2/c1-7-35-25-18-21(27(2,3)34-6)12-17-24(25)26-32-28(4,19-8-13-22(30)14-9-19)29(5,33-26)20-10-15-23(31)16-11-20/h8-18H,7H2,1-6H3,(H,32,33)/t28-,29+. The summed E-state index contributed by atoms with van der Waals surface area (Å²) in [6.07, 6.45) is 0. The van der Waals surface area contributed by atoms with Gasteiger partial charge in [-0.25, -0.2) is 0 Å². The number of benzene rings is 3. The van der Waals surface area contributed by atoms with Gasteiger partial charge in [-0.1, -0.05) is 53.5 Å². The Morgan fingerprint density at radius 2 is 1.46 bits per heavy atom. The molecule has 35 heavy (non-hydrogen) atoms. The molecule has 0 fully saturated rings. The van der Waals surface area contributed by atoms with E-state index in [2.05, 4.69) is 43.4 Å². The van der Waals surface area contributed by atoms with Crippen LogP contribution >= 0.6 is 23.2 Å². The fourth-order valence-corrected chi connectivity index (χ4v) is 4.85. The van der Waals surface area contributed by atoms with Gasteiger partial charge in [0.05, 0.1) is 23.3 Å². The number of nitrogens with zero attached hydrogens (tertiary/aromatic N) is 1. The maximum Gasteiger partial charge on any atom is 0.133 e. The lowest BCUT2D eigenvalue weighted by Gasteiger charge is -2.40. The molecule has 0 bridgehead atoms. The normalized spacial score (nSPS) is 22.0.